The summed E-state index contributed by atoms with van der Waals surface area (Å²) in [4.78, 5) is 28.3. The van der Waals surface area contributed by atoms with Crippen molar-refractivity contribution in [2.75, 3.05) is 11.4 Å². The van der Waals surface area contributed by atoms with Gasteiger partial charge in [0.2, 0.25) is 11.8 Å². The summed E-state index contributed by atoms with van der Waals surface area (Å²) in [5.74, 6) is 0.646. The van der Waals surface area contributed by atoms with Gasteiger partial charge in [0.25, 0.3) is 0 Å². The van der Waals surface area contributed by atoms with Gasteiger partial charge in [-0.25, -0.2) is 0 Å². The molecule has 5 nitrogen and oxygen atoms in total. The van der Waals surface area contributed by atoms with E-state index in [-0.39, 0.29) is 29.7 Å². The van der Waals surface area contributed by atoms with Crippen LogP contribution in [0.15, 0.2) is 47.1 Å². The molecule has 1 aliphatic heterocycles. The van der Waals surface area contributed by atoms with Crippen molar-refractivity contribution in [3.8, 4) is 0 Å². The van der Waals surface area contributed by atoms with Crippen LogP contribution >= 0.6 is 0 Å². The summed E-state index contributed by atoms with van der Waals surface area (Å²) in [6.45, 7) is 2.75. The minimum absolute atomic E-state index is 0.0301. The number of benzene rings is 1. The molecule has 4 rings (SSSR count). The normalized spacial score (nSPS) is 22.2. The summed E-state index contributed by atoms with van der Waals surface area (Å²) >= 11 is 0. The van der Waals surface area contributed by atoms with Crippen molar-refractivity contribution in [3.63, 3.8) is 0 Å². The largest absolute Gasteiger partial charge is 0.469 e. The van der Waals surface area contributed by atoms with Crippen LogP contribution in [-0.4, -0.2) is 24.4 Å². The van der Waals surface area contributed by atoms with Gasteiger partial charge >= 0.3 is 0 Å². The summed E-state index contributed by atoms with van der Waals surface area (Å²) in [6, 6.07) is 12.0. The van der Waals surface area contributed by atoms with Gasteiger partial charge in [-0.05, 0) is 56.4 Å². The lowest BCUT2D eigenvalue weighted by Crippen LogP contribution is -2.47. The second-order valence-corrected chi connectivity index (χ2v) is 8.39. The van der Waals surface area contributed by atoms with Gasteiger partial charge in [0.05, 0.1) is 12.2 Å². The first-order valence-corrected chi connectivity index (χ1v) is 10.9. The number of aryl methyl sites for hydroxylation is 1. The molecular formula is C24H30N2O3. The van der Waals surface area contributed by atoms with E-state index in [1.54, 1.807) is 6.26 Å². The third-order valence-corrected chi connectivity index (χ3v) is 6.37. The van der Waals surface area contributed by atoms with Crippen LogP contribution in [0, 0.1) is 11.8 Å². The van der Waals surface area contributed by atoms with Crippen LogP contribution in [-0.2, 0) is 22.4 Å². The summed E-state index contributed by atoms with van der Waals surface area (Å²) < 4.78 is 5.38. The molecule has 154 valence electrons. The summed E-state index contributed by atoms with van der Waals surface area (Å²) in [6.07, 6.45) is 7.82. The number of hydrogen-bond acceptors (Lipinski definition) is 3. The van der Waals surface area contributed by atoms with Crippen molar-refractivity contribution in [1.82, 2.24) is 5.32 Å². The molecule has 0 spiro atoms. The minimum atomic E-state index is -0.227. The Balaban J connectivity index is 1.39. The standard InChI is InChI=1S/C24H30N2O3/c1-17(12-13-19-8-6-16-29-19)25-23(27)20-9-3-4-10-21(20)24(28)26-15-14-18-7-2-5-11-22(18)26/h2,5-8,11,16-17,20-21H,3-4,9-10,12-15H2,1H3,(H,25,27). The Bertz CT molecular complexity index is 846. The number of nitrogens with one attached hydrogen (secondary N) is 1. The first kappa shape index (κ1) is 19.7. The summed E-state index contributed by atoms with van der Waals surface area (Å²) in [7, 11) is 0. The Morgan fingerprint density at radius 1 is 1.14 bits per heavy atom. The number of para-hydroxylation sites is 1. The molecule has 1 saturated carbocycles. The maximum absolute atomic E-state index is 13.4. The Labute approximate surface area is 172 Å². The number of carbonyl (C=O) groups is 2. The molecule has 1 aromatic heterocycles. The monoisotopic (exact) mass is 394 g/mol. The Morgan fingerprint density at radius 3 is 2.72 bits per heavy atom. The van der Waals surface area contributed by atoms with Crippen LogP contribution < -0.4 is 10.2 Å². The zero-order valence-corrected chi connectivity index (χ0v) is 17.1. The maximum Gasteiger partial charge on any atom is 0.230 e. The summed E-state index contributed by atoms with van der Waals surface area (Å²) in [5.41, 5.74) is 2.25. The van der Waals surface area contributed by atoms with E-state index >= 15 is 0 Å². The fourth-order valence-corrected chi connectivity index (χ4v) is 4.74. The highest BCUT2D eigenvalue weighted by molar-refractivity contribution is 5.99. The third kappa shape index (κ3) is 4.39. The zero-order valence-electron chi connectivity index (χ0n) is 17.1. The van der Waals surface area contributed by atoms with E-state index in [4.69, 9.17) is 4.42 Å². The number of rotatable bonds is 6. The second kappa shape index (κ2) is 8.85. The van der Waals surface area contributed by atoms with Crippen LogP contribution in [0.5, 0.6) is 0 Å². The molecular weight excluding hydrogens is 364 g/mol. The molecule has 2 aliphatic rings. The van der Waals surface area contributed by atoms with E-state index < -0.39 is 0 Å². The maximum atomic E-state index is 13.4. The Morgan fingerprint density at radius 2 is 1.93 bits per heavy atom. The molecule has 1 aliphatic carbocycles. The van der Waals surface area contributed by atoms with E-state index in [0.29, 0.717) is 0 Å². The van der Waals surface area contributed by atoms with E-state index in [0.717, 1.165) is 62.9 Å². The van der Waals surface area contributed by atoms with Gasteiger partial charge in [0, 0.05) is 30.6 Å². The molecule has 1 fully saturated rings. The molecule has 3 atom stereocenters. The molecule has 5 heteroatoms. The number of carbonyl (C=O) groups excluding carboxylic acids is 2. The van der Waals surface area contributed by atoms with Crippen molar-refractivity contribution >= 4 is 17.5 Å². The highest BCUT2D eigenvalue weighted by Gasteiger charge is 2.39. The van der Waals surface area contributed by atoms with Crippen LogP contribution in [0.2, 0.25) is 0 Å². The molecule has 0 radical (unpaired) electrons. The molecule has 1 aromatic carbocycles. The lowest BCUT2D eigenvalue weighted by Gasteiger charge is -2.33. The van der Waals surface area contributed by atoms with E-state index in [9.17, 15) is 9.59 Å². The second-order valence-electron chi connectivity index (χ2n) is 8.39. The molecule has 0 bridgehead atoms. The quantitative estimate of drug-likeness (QED) is 0.802. The number of nitrogens with zero attached hydrogens (tertiary/aromatic N) is 1. The van der Waals surface area contributed by atoms with Crippen molar-refractivity contribution in [2.45, 2.75) is 57.9 Å². The molecule has 2 aromatic rings. The van der Waals surface area contributed by atoms with E-state index in [1.165, 1.54) is 5.56 Å². The van der Waals surface area contributed by atoms with Crippen molar-refractivity contribution in [3.05, 3.63) is 54.0 Å². The summed E-state index contributed by atoms with van der Waals surface area (Å²) in [5, 5.41) is 3.16. The smallest absolute Gasteiger partial charge is 0.230 e. The molecule has 3 unspecified atom stereocenters. The van der Waals surface area contributed by atoms with Crippen LogP contribution in [0.1, 0.15) is 50.4 Å². The van der Waals surface area contributed by atoms with Gasteiger partial charge in [0.1, 0.15) is 5.76 Å². The number of hydrogen-bond donors (Lipinski definition) is 1. The van der Waals surface area contributed by atoms with Gasteiger partial charge in [0.15, 0.2) is 0 Å². The number of anilines is 1. The predicted octanol–water partition coefficient (Wildman–Crippen LogP) is 4.11. The number of fused-ring (bicyclic) bond motifs is 1. The van der Waals surface area contributed by atoms with Gasteiger partial charge in [-0.15, -0.1) is 0 Å². The third-order valence-electron chi connectivity index (χ3n) is 6.37. The lowest BCUT2D eigenvalue weighted by atomic mass is 9.77. The van der Waals surface area contributed by atoms with Crippen LogP contribution in [0.4, 0.5) is 5.69 Å². The van der Waals surface area contributed by atoms with Crippen molar-refractivity contribution in [1.29, 1.82) is 0 Å². The average molecular weight is 395 g/mol. The van der Waals surface area contributed by atoms with Gasteiger partial charge in [-0.1, -0.05) is 31.0 Å². The topological polar surface area (TPSA) is 62.6 Å². The lowest BCUT2D eigenvalue weighted by molar-refractivity contribution is -0.135. The predicted molar refractivity (Wildman–Crippen MR) is 113 cm³/mol. The van der Waals surface area contributed by atoms with Gasteiger partial charge in [-0.2, -0.15) is 0 Å². The Hall–Kier alpha value is -2.56. The number of furan rings is 1. The van der Waals surface area contributed by atoms with Crippen molar-refractivity contribution in [2.24, 2.45) is 11.8 Å². The van der Waals surface area contributed by atoms with E-state index in [2.05, 4.69) is 11.4 Å². The van der Waals surface area contributed by atoms with Crippen LogP contribution in [0.3, 0.4) is 0 Å². The molecule has 0 saturated heterocycles. The first-order chi connectivity index (χ1) is 14.1. The van der Waals surface area contributed by atoms with Crippen molar-refractivity contribution < 1.29 is 14.0 Å². The Kier molecular flexibility index (Phi) is 6.02. The molecule has 1 N–H and O–H groups in total. The number of amides is 2. The highest BCUT2D eigenvalue weighted by atomic mass is 16.3. The zero-order chi connectivity index (χ0) is 20.2. The van der Waals surface area contributed by atoms with Gasteiger partial charge < -0.3 is 14.6 Å². The molecule has 2 heterocycles. The highest BCUT2D eigenvalue weighted by Crippen LogP contribution is 2.36. The van der Waals surface area contributed by atoms with Gasteiger partial charge in [-0.3, -0.25) is 9.59 Å². The fourth-order valence-electron chi connectivity index (χ4n) is 4.74. The first-order valence-electron chi connectivity index (χ1n) is 10.9. The average Bonchev–Trinajstić information content (AvgIpc) is 3.41. The van der Waals surface area contributed by atoms with E-state index in [1.807, 2.05) is 42.2 Å². The SMILES string of the molecule is CC(CCc1ccco1)NC(=O)C1CCCCC1C(=O)N1CCc2ccccc21. The minimum Gasteiger partial charge on any atom is -0.469 e. The molecule has 2 amide bonds. The fraction of sp³-hybridized carbons (Fsp3) is 0.500. The molecule has 29 heavy (non-hydrogen) atoms. The van der Waals surface area contributed by atoms with Crippen LogP contribution in [0.25, 0.3) is 0 Å².